The molecule has 0 unspecified atom stereocenters. The van der Waals surface area contributed by atoms with Crippen LogP contribution in [-0.2, 0) is 16.4 Å². The Balaban J connectivity index is 2.66. The van der Waals surface area contributed by atoms with Gasteiger partial charge in [-0.1, -0.05) is 0 Å². The van der Waals surface area contributed by atoms with Crippen LogP contribution in [0.3, 0.4) is 0 Å². The van der Waals surface area contributed by atoms with Crippen LogP contribution in [0.1, 0.15) is 39.5 Å². The quantitative estimate of drug-likeness (QED) is 0.774. The van der Waals surface area contributed by atoms with E-state index in [1.807, 2.05) is 6.92 Å². The van der Waals surface area contributed by atoms with Crippen LogP contribution in [0.25, 0.3) is 0 Å². The third-order valence-electron chi connectivity index (χ3n) is 4.17. The first-order chi connectivity index (χ1) is 11.1. The molecular weight excluding hydrogens is 328 g/mol. The molecule has 2 rings (SSSR count). The lowest BCUT2D eigenvalue weighted by atomic mass is 9.95. The number of carbonyl (C=O) groups is 1. The van der Waals surface area contributed by atoms with Gasteiger partial charge < -0.3 is 4.74 Å². The van der Waals surface area contributed by atoms with Crippen LogP contribution in [0.2, 0.25) is 0 Å². The molecule has 1 heterocycles. The number of ether oxygens (including phenoxy) is 1. The van der Waals surface area contributed by atoms with Crippen molar-refractivity contribution in [2.24, 2.45) is 0 Å². The standard InChI is InChI=1S/C17H22N2O4S/c1-7-19-17(23-5)14(9-18-19)15(20)13-8-10(2)16(24(6,21)22)12(4)11(13)3/h8-9H,7H2,1-6H3. The molecule has 0 radical (unpaired) electrons. The molecule has 2 aromatic rings. The highest BCUT2D eigenvalue weighted by molar-refractivity contribution is 7.90. The first kappa shape index (κ1) is 18.2. The Labute approximate surface area is 142 Å². The molecule has 0 N–H and O–H groups in total. The van der Waals surface area contributed by atoms with E-state index >= 15 is 0 Å². The lowest BCUT2D eigenvalue weighted by molar-refractivity contribution is 0.103. The second-order valence-electron chi connectivity index (χ2n) is 5.80. The summed E-state index contributed by atoms with van der Waals surface area (Å²) >= 11 is 0. The number of rotatable bonds is 5. The number of nitrogens with zero attached hydrogens (tertiary/aromatic N) is 2. The molecule has 0 saturated carbocycles. The fraction of sp³-hybridized carbons (Fsp3) is 0.412. The molecule has 0 fully saturated rings. The first-order valence-corrected chi connectivity index (χ1v) is 9.47. The molecular formula is C17H22N2O4S. The lowest BCUT2D eigenvalue weighted by Gasteiger charge is -2.15. The van der Waals surface area contributed by atoms with E-state index in [0.29, 0.717) is 40.2 Å². The maximum atomic E-state index is 13.0. The Morgan fingerprint density at radius 2 is 1.83 bits per heavy atom. The molecule has 0 atom stereocenters. The molecule has 0 aliphatic carbocycles. The van der Waals surface area contributed by atoms with Crippen LogP contribution < -0.4 is 4.74 Å². The van der Waals surface area contributed by atoms with Crippen LogP contribution in [0.4, 0.5) is 0 Å². The van der Waals surface area contributed by atoms with Crippen LogP contribution in [0.15, 0.2) is 17.2 Å². The third-order valence-corrected chi connectivity index (χ3v) is 5.54. The van der Waals surface area contributed by atoms with Crippen molar-refractivity contribution in [2.45, 2.75) is 39.1 Å². The highest BCUT2D eigenvalue weighted by Gasteiger charge is 2.25. The summed E-state index contributed by atoms with van der Waals surface area (Å²) in [6.07, 6.45) is 2.66. The molecule has 1 aromatic carbocycles. The Morgan fingerprint density at radius 1 is 1.21 bits per heavy atom. The number of ketones is 1. The Bertz CT molecular complexity index is 911. The maximum Gasteiger partial charge on any atom is 0.223 e. The van der Waals surface area contributed by atoms with E-state index in [0.717, 1.165) is 0 Å². The van der Waals surface area contributed by atoms with Crippen molar-refractivity contribution in [2.75, 3.05) is 13.4 Å². The van der Waals surface area contributed by atoms with Gasteiger partial charge in [0.15, 0.2) is 15.6 Å². The summed E-state index contributed by atoms with van der Waals surface area (Å²) in [5, 5.41) is 4.16. The van der Waals surface area contributed by atoms with Crippen LogP contribution >= 0.6 is 0 Å². The SMILES string of the molecule is CCn1ncc(C(=O)c2cc(C)c(S(C)(=O)=O)c(C)c2C)c1OC. The lowest BCUT2D eigenvalue weighted by Crippen LogP contribution is -2.11. The van der Waals surface area contributed by atoms with Gasteiger partial charge in [-0.3, -0.25) is 4.79 Å². The van der Waals surface area contributed by atoms with Crippen molar-refractivity contribution in [1.82, 2.24) is 9.78 Å². The molecule has 0 amide bonds. The molecule has 1 aromatic heterocycles. The topological polar surface area (TPSA) is 78.3 Å². The zero-order valence-electron chi connectivity index (χ0n) is 14.8. The van der Waals surface area contributed by atoms with Crippen LogP contribution in [-0.4, -0.2) is 37.3 Å². The predicted octanol–water partition coefficient (Wildman–Crippen LogP) is 2.47. The van der Waals surface area contributed by atoms with E-state index in [-0.39, 0.29) is 10.7 Å². The molecule has 0 aliphatic rings. The minimum atomic E-state index is -3.36. The molecule has 130 valence electrons. The molecule has 24 heavy (non-hydrogen) atoms. The van der Waals surface area contributed by atoms with Gasteiger partial charge in [0, 0.05) is 18.4 Å². The van der Waals surface area contributed by atoms with Gasteiger partial charge in [-0.05, 0) is 50.5 Å². The number of sulfone groups is 1. The van der Waals surface area contributed by atoms with Crippen molar-refractivity contribution in [3.05, 3.63) is 40.1 Å². The molecule has 7 heteroatoms. The Hall–Kier alpha value is -2.15. The summed E-state index contributed by atoms with van der Waals surface area (Å²) < 4.78 is 30.9. The minimum absolute atomic E-state index is 0.227. The van der Waals surface area contributed by atoms with Gasteiger partial charge in [0.1, 0.15) is 5.56 Å². The van der Waals surface area contributed by atoms with Crippen molar-refractivity contribution < 1.29 is 17.9 Å². The molecule has 0 spiro atoms. The average Bonchev–Trinajstić information content (AvgIpc) is 2.91. The number of aryl methyl sites for hydroxylation is 2. The number of aromatic nitrogens is 2. The van der Waals surface area contributed by atoms with E-state index in [1.165, 1.54) is 19.6 Å². The predicted molar refractivity (Wildman–Crippen MR) is 91.6 cm³/mol. The van der Waals surface area contributed by atoms with Gasteiger partial charge in [0.25, 0.3) is 0 Å². The minimum Gasteiger partial charge on any atom is -0.481 e. The van der Waals surface area contributed by atoms with Gasteiger partial charge >= 0.3 is 0 Å². The smallest absolute Gasteiger partial charge is 0.223 e. The number of benzene rings is 1. The summed E-state index contributed by atoms with van der Waals surface area (Å²) in [5.74, 6) is 0.180. The molecule has 6 nitrogen and oxygen atoms in total. The van der Waals surface area contributed by atoms with Gasteiger partial charge in [-0.2, -0.15) is 5.10 Å². The van der Waals surface area contributed by atoms with Gasteiger partial charge in [-0.25, -0.2) is 13.1 Å². The molecule has 0 bridgehead atoms. The zero-order chi connectivity index (χ0) is 18.2. The summed E-state index contributed by atoms with van der Waals surface area (Å²) in [5.41, 5.74) is 2.64. The number of methoxy groups -OCH3 is 1. The van der Waals surface area contributed by atoms with E-state index in [2.05, 4.69) is 5.10 Å². The third kappa shape index (κ3) is 2.96. The fourth-order valence-electron chi connectivity index (χ4n) is 2.98. The monoisotopic (exact) mass is 350 g/mol. The highest BCUT2D eigenvalue weighted by Crippen LogP contribution is 2.29. The van der Waals surface area contributed by atoms with Crippen LogP contribution in [0.5, 0.6) is 5.88 Å². The number of hydrogen-bond acceptors (Lipinski definition) is 5. The largest absolute Gasteiger partial charge is 0.481 e. The Morgan fingerprint density at radius 3 is 2.33 bits per heavy atom. The normalized spacial score (nSPS) is 11.6. The van der Waals surface area contributed by atoms with Crippen molar-refractivity contribution in [1.29, 1.82) is 0 Å². The van der Waals surface area contributed by atoms with Gasteiger partial charge in [-0.15, -0.1) is 0 Å². The second kappa shape index (κ2) is 6.39. The Kier molecular flexibility index (Phi) is 4.85. The summed E-state index contributed by atoms with van der Waals surface area (Å²) in [4.78, 5) is 13.2. The van der Waals surface area contributed by atoms with E-state index in [1.54, 1.807) is 31.5 Å². The highest BCUT2D eigenvalue weighted by atomic mass is 32.2. The van der Waals surface area contributed by atoms with E-state index < -0.39 is 9.84 Å². The number of carbonyl (C=O) groups excluding carboxylic acids is 1. The van der Waals surface area contributed by atoms with E-state index in [9.17, 15) is 13.2 Å². The molecule has 0 aliphatic heterocycles. The van der Waals surface area contributed by atoms with Gasteiger partial charge in [0.2, 0.25) is 5.88 Å². The van der Waals surface area contributed by atoms with Gasteiger partial charge in [0.05, 0.1) is 18.2 Å². The van der Waals surface area contributed by atoms with Crippen molar-refractivity contribution >= 4 is 15.6 Å². The number of hydrogen-bond donors (Lipinski definition) is 0. The fourth-order valence-corrected chi connectivity index (χ4v) is 4.33. The maximum absolute atomic E-state index is 13.0. The van der Waals surface area contributed by atoms with Crippen molar-refractivity contribution in [3.8, 4) is 5.88 Å². The zero-order valence-corrected chi connectivity index (χ0v) is 15.6. The molecule has 0 saturated heterocycles. The average molecular weight is 350 g/mol. The first-order valence-electron chi connectivity index (χ1n) is 7.58. The summed E-state index contributed by atoms with van der Waals surface area (Å²) in [7, 11) is -1.86. The second-order valence-corrected chi connectivity index (χ2v) is 7.76. The van der Waals surface area contributed by atoms with E-state index in [4.69, 9.17) is 4.74 Å². The summed E-state index contributed by atoms with van der Waals surface area (Å²) in [6.45, 7) is 7.67. The van der Waals surface area contributed by atoms with Crippen LogP contribution in [0, 0.1) is 20.8 Å². The van der Waals surface area contributed by atoms with Crippen molar-refractivity contribution in [3.63, 3.8) is 0 Å². The summed E-state index contributed by atoms with van der Waals surface area (Å²) in [6, 6.07) is 1.63.